The molecule has 0 bridgehead atoms. The van der Waals surface area contributed by atoms with Gasteiger partial charge in [-0.1, -0.05) is 34.1 Å². The van der Waals surface area contributed by atoms with Crippen molar-refractivity contribution in [2.75, 3.05) is 11.9 Å². The number of hydrogen-bond acceptors (Lipinski definition) is 4. The molecule has 1 aromatic heterocycles. The van der Waals surface area contributed by atoms with E-state index in [1.54, 1.807) is 0 Å². The first-order valence-corrected chi connectivity index (χ1v) is 4.77. The molecule has 0 saturated carbocycles. The molecule has 0 saturated heterocycles. The first kappa shape index (κ1) is 10.7. The van der Waals surface area contributed by atoms with E-state index in [1.807, 2.05) is 0 Å². The fourth-order valence-electron chi connectivity index (χ4n) is 0.585. The smallest absolute Gasteiger partial charge is 0.245 e. The van der Waals surface area contributed by atoms with Gasteiger partial charge in [0.15, 0.2) is 11.0 Å². The van der Waals surface area contributed by atoms with E-state index in [0.29, 0.717) is 12.4 Å². The molecule has 0 fully saturated rings. The molecule has 1 N–H and O–H groups in total. The zero-order chi connectivity index (χ0) is 9.84. The van der Waals surface area contributed by atoms with E-state index >= 15 is 0 Å². The van der Waals surface area contributed by atoms with Crippen molar-refractivity contribution in [3.63, 3.8) is 0 Å². The number of anilines is 1. The Kier molecular flexibility index (Phi) is 3.90. The van der Waals surface area contributed by atoms with Crippen molar-refractivity contribution in [1.29, 1.82) is 0 Å². The first-order chi connectivity index (χ1) is 6.09. The van der Waals surface area contributed by atoms with Gasteiger partial charge in [0.2, 0.25) is 5.28 Å². The van der Waals surface area contributed by atoms with Crippen molar-refractivity contribution < 1.29 is 0 Å². The summed E-state index contributed by atoms with van der Waals surface area (Å²) in [6, 6.07) is 0. The fourth-order valence-corrected chi connectivity index (χ4v) is 0.995. The topological polar surface area (TPSA) is 50.7 Å². The summed E-state index contributed by atoms with van der Waals surface area (Å²) < 4.78 is 0.776. The number of hydrogen-bond donors (Lipinski definition) is 1. The largest absolute Gasteiger partial charge is 0.363 e. The molecule has 7 heteroatoms. The molecule has 1 rings (SSSR count). The van der Waals surface area contributed by atoms with Gasteiger partial charge in [-0.15, -0.1) is 10.2 Å². The maximum Gasteiger partial charge on any atom is 0.245 e. The van der Waals surface area contributed by atoms with Crippen molar-refractivity contribution in [3.8, 4) is 0 Å². The molecule has 13 heavy (non-hydrogen) atoms. The summed E-state index contributed by atoms with van der Waals surface area (Å²) >= 11 is 14.4. The molecule has 0 aliphatic heterocycles. The first-order valence-electron chi connectivity index (χ1n) is 3.22. The molecule has 0 unspecified atom stereocenters. The third-order valence-corrected chi connectivity index (χ3v) is 1.76. The highest BCUT2D eigenvalue weighted by atomic mass is 79.9. The normalized spacial score (nSPS) is 9.77. The standard InChI is InChI=1S/C6H5BrCl2N4/c1-3(7)2-10-5-4(8)12-13-6(9)11-5/h1-2H2,(H,10,11,13). The molecule has 0 aromatic carbocycles. The van der Waals surface area contributed by atoms with Gasteiger partial charge in [-0.3, -0.25) is 0 Å². The van der Waals surface area contributed by atoms with E-state index in [-0.39, 0.29) is 10.4 Å². The Bertz CT molecular complexity index is 330. The van der Waals surface area contributed by atoms with Crippen LogP contribution in [0.4, 0.5) is 5.82 Å². The molecule has 70 valence electrons. The lowest BCUT2D eigenvalue weighted by atomic mass is 10.6. The van der Waals surface area contributed by atoms with Crippen molar-refractivity contribution in [2.24, 2.45) is 0 Å². The molecule has 4 nitrogen and oxygen atoms in total. The minimum absolute atomic E-state index is 0.0482. The predicted molar refractivity (Wildman–Crippen MR) is 56.4 cm³/mol. The van der Waals surface area contributed by atoms with Gasteiger partial charge in [0, 0.05) is 11.0 Å². The van der Waals surface area contributed by atoms with Crippen LogP contribution >= 0.6 is 39.1 Å². The van der Waals surface area contributed by atoms with Crippen LogP contribution in [0.3, 0.4) is 0 Å². The van der Waals surface area contributed by atoms with E-state index in [2.05, 4.69) is 43.0 Å². The van der Waals surface area contributed by atoms with Gasteiger partial charge in [-0.05, 0) is 11.6 Å². The Morgan fingerprint density at radius 2 is 2.15 bits per heavy atom. The van der Waals surface area contributed by atoms with Gasteiger partial charge in [-0.2, -0.15) is 4.98 Å². The van der Waals surface area contributed by atoms with Gasteiger partial charge in [-0.25, -0.2) is 0 Å². The lowest BCUT2D eigenvalue weighted by molar-refractivity contribution is 0.968. The summed E-state index contributed by atoms with van der Waals surface area (Å²) in [5, 5.41) is 10.1. The van der Waals surface area contributed by atoms with Crippen LogP contribution in [0.1, 0.15) is 0 Å². The predicted octanol–water partition coefficient (Wildman–Crippen LogP) is 2.50. The molecule has 1 aromatic rings. The summed E-state index contributed by atoms with van der Waals surface area (Å²) in [6.45, 7) is 4.13. The zero-order valence-corrected chi connectivity index (χ0v) is 9.49. The van der Waals surface area contributed by atoms with Crippen LogP contribution in [0.5, 0.6) is 0 Å². The zero-order valence-electron chi connectivity index (χ0n) is 6.39. The average molecular weight is 284 g/mol. The lowest BCUT2D eigenvalue weighted by Crippen LogP contribution is -2.05. The van der Waals surface area contributed by atoms with Crippen LogP contribution in [-0.2, 0) is 0 Å². The number of nitrogens with zero attached hydrogens (tertiary/aromatic N) is 3. The number of halogens is 3. The Morgan fingerprint density at radius 1 is 1.46 bits per heavy atom. The summed E-state index contributed by atoms with van der Waals surface area (Å²) in [5.74, 6) is 0.391. The van der Waals surface area contributed by atoms with Crippen LogP contribution in [0.15, 0.2) is 11.1 Å². The maximum absolute atomic E-state index is 5.68. The SMILES string of the molecule is C=C(Br)CNc1nc(Cl)nnc1Cl. The van der Waals surface area contributed by atoms with Gasteiger partial charge in [0.1, 0.15) is 0 Å². The highest BCUT2D eigenvalue weighted by Crippen LogP contribution is 2.17. The molecule has 0 radical (unpaired) electrons. The van der Waals surface area contributed by atoms with Gasteiger partial charge in [0.25, 0.3) is 0 Å². The quantitative estimate of drug-likeness (QED) is 0.926. The highest BCUT2D eigenvalue weighted by molar-refractivity contribution is 9.11. The maximum atomic E-state index is 5.68. The van der Waals surface area contributed by atoms with Crippen molar-refractivity contribution in [1.82, 2.24) is 15.2 Å². The van der Waals surface area contributed by atoms with Gasteiger partial charge in [0.05, 0.1) is 0 Å². The Labute approximate surface area is 93.5 Å². The third-order valence-electron chi connectivity index (χ3n) is 1.07. The Hall–Kier alpha value is -0.390. The Balaban J connectivity index is 2.75. The number of aromatic nitrogens is 3. The lowest BCUT2D eigenvalue weighted by Gasteiger charge is -2.04. The highest BCUT2D eigenvalue weighted by Gasteiger charge is 2.04. The molecule has 0 aliphatic carbocycles. The second-order valence-corrected chi connectivity index (χ2v) is 3.91. The van der Waals surface area contributed by atoms with E-state index < -0.39 is 0 Å². The second-order valence-electron chi connectivity index (χ2n) is 2.09. The minimum Gasteiger partial charge on any atom is -0.363 e. The molecule has 0 aliphatic rings. The molecule has 0 spiro atoms. The van der Waals surface area contributed by atoms with Gasteiger partial charge < -0.3 is 5.32 Å². The Morgan fingerprint density at radius 3 is 2.77 bits per heavy atom. The van der Waals surface area contributed by atoms with E-state index in [4.69, 9.17) is 23.2 Å². The van der Waals surface area contributed by atoms with Crippen LogP contribution in [-0.4, -0.2) is 21.7 Å². The van der Waals surface area contributed by atoms with Crippen LogP contribution in [0, 0.1) is 0 Å². The fraction of sp³-hybridized carbons (Fsp3) is 0.167. The summed E-state index contributed by atoms with van der Waals surface area (Å²) in [5.41, 5.74) is 0. The van der Waals surface area contributed by atoms with E-state index in [1.165, 1.54) is 0 Å². The van der Waals surface area contributed by atoms with Crippen LogP contribution < -0.4 is 5.32 Å². The summed E-state index contributed by atoms with van der Waals surface area (Å²) in [6.07, 6.45) is 0. The molecule has 1 heterocycles. The third kappa shape index (κ3) is 3.46. The van der Waals surface area contributed by atoms with Gasteiger partial charge >= 0.3 is 0 Å². The summed E-state index contributed by atoms with van der Waals surface area (Å²) in [4.78, 5) is 3.83. The molecular weight excluding hydrogens is 279 g/mol. The van der Waals surface area contributed by atoms with Crippen molar-refractivity contribution in [3.05, 3.63) is 21.5 Å². The van der Waals surface area contributed by atoms with Crippen LogP contribution in [0.25, 0.3) is 0 Å². The molecular formula is C6H5BrCl2N4. The second kappa shape index (κ2) is 4.74. The van der Waals surface area contributed by atoms with Crippen molar-refractivity contribution in [2.45, 2.75) is 0 Å². The minimum atomic E-state index is 0.0482. The molecule has 0 amide bonds. The van der Waals surface area contributed by atoms with E-state index in [9.17, 15) is 0 Å². The van der Waals surface area contributed by atoms with E-state index in [0.717, 1.165) is 4.48 Å². The number of rotatable bonds is 3. The number of nitrogens with one attached hydrogen (secondary N) is 1. The average Bonchev–Trinajstić information content (AvgIpc) is 2.06. The molecule has 0 atom stereocenters. The monoisotopic (exact) mass is 282 g/mol. The van der Waals surface area contributed by atoms with Crippen LogP contribution in [0.2, 0.25) is 10.4 Å². The summed E-state index contributed by atoms with van der Waals surface area (Å²) in [7, 11) is 0. The van der Waals surface area contributed by atoms with Crippen molar-refractivity contribution >= 4 is 44.9 Å².